The topological polar surface area (TPSA) is 46.8 Å². The molecule has 120 valence electrons. The maximum absolute atomic E-state index is 4.03. The number of aromatic nitrogens is 4. The number of piperidine rings is 1. The van der Waals surface area contributed by atoms with Gasteiger partial charge in [0.2, 0.25) is 0 Å². The Balaban J connectivity index is 1.46. The van der Waals surface area contributed by atoms with E-state index in [9.17, 15) is 0 Å². The maximum Gasteiger partial charge on any atom is 0.148 e. The van der Waals surface area contributed by atoms with Crippen molar-refractivity contribution < 1.29 is 0 Å². The molecule has 2 aromatic heterocycles. The van der Waals surface area contributed by atoms with Crippen molar-refractivity contribution in [3.63, 3.8) is 0 Å². The van der Waals surface area contributed by atoms with Crippen molar-refractivity contribution >= 4 is 11.3 Å². The molecule has 5 nitrogen and oxygen atoms in total. The maximum atomic E-state index is 4.03. The highest BCUT2D eigenvalue weighted by atomic mass is 32.1. The van der Waals surface area contributed by atoms with E-state index >= 15 is 0 Å². The SMILES string of the molecule is Cc1nnnn1CCCN1CCCCC1CCc1cccs1. The minimum absolute atomic E-state index is 0.755. The van der Waals surface area contributed by atoms with E-state index in [2.05, 4.69) is 37.9 Å². The summed E-state index contributed by atoms with van der Waals surface area (Å²) in [4.78, 5) is 4.21. The largest absolute Gasteiger partial charge is 0.300 e. The van der Waals surface area contributed by atoms with Gasteiger partial charge < -0.3 is 4.90 Å². The summed E-state index contributed by atoms with van der Waals surface area (Å²) >= 11 is 1.89. The van der Waals surface area contributed by atoms with Crippen LogP contribution >= 0.6 is 11.3 Å². The first kappa shape index (κ1) is 15.6. The molecule has 1 aliphatic rings. The van der Waals surface area contributed by atoms with E-state index in [1.54, 1.807) is 0 Å². The summed E-state index contributed by atoms with van der Waals surface area (Å²) < 4.78 is 1.91. The molecule has 3 rings (SSSR count). The quantitative estimate of drug-likeness (QED) is 0.787. The van der Waals surface area contributed by atoms with Crippen molar-refractivity contribution in [2.24, 2.45) is 0 Å². The molecule has 0 N–H and O–H groups in total. The number of nitrogens with zero attached hydrogens (tertiary/aromatic N) is 5. The normalized spacial score (nSPS) is 19.6. The molecular weight excluding hydrogens is 294 g/mol. The minimum atomic E-state index is 0.755. The van der Waals surface area contributed by atoms with Crippen LogP contribution in [0.1, 0.15) is 42.8 Å². The van der Waals surface area contributed by atoms with E-state index in [1.165, 1.54) is 43.5 Å². The zero-order valence-electron chi connectivity index (χ0n) is 13.3. The van der Waals surface area contributed by atoms with E-state index in [0.717, 1.165) is 31.4 Å². The third-order valence-electron chi connectivity index (χ3n) is 4.58. The van der Waals surface area contributed by atoms with Gasteiger partial charge in [0.05, 0.1) is 0 Å². The average molecular weight is 319 g/mol. The van der Waals surface area contributed by atoms with Gasteiger partial charge in [-0.25, -0.2) is 4.68 Å². The first-order valence-electron chi connectivity index (χ1n) is 8.32. The molecule has 6 heteroatoms. The second kappa shape index (κ2) is 7.83. The molecule has 1 saturated heterocycles. The van der Waals surface area contributed by atoms with Gasteiger partial charge in [0.25, 0.3) is 0 Å². The van der Waals surface area contributed by atoms with Gasteiger partial charge in [-0.1, -0.05) is 12.5 Å². The highest BCUT2D eigenvalue weighted by Gasteiger charge is 2.21. The van der Waals surface area contributed by atoms with Gasteiger partial charge in [-0.3, -0.25) is 0 Å². The molecule has 0 aliphatic carbocycles. The summed E-state index contributed by atoms with van der Waals surface area (Å²) in [5, 5.41) is 13.9. The highest BCUT2D eigenvalue weighted by Crippen LogP contribution is 2.22. The van der Waals surface area contributed by atoms with Crippen molar-refractivity contribution in [1.29, 1.82) is 0 Å². The summed E-state index contributed by atoms with van der Waals surface area (Å²) in [6.07, 6.45) is 7.74. The highest BCUT2D eigenvalue weighted by molar-refractivity contribution is 7.09. The van der Waals surface area contributed by atoms with Crippen molar-refractivity contribution in [1.82, 2.24) is 25.1 Å². The zero-order chi connectivity index (χ0) is 15.2. The molecule has 1 fully saturated rings. The number of thiophene rings is 1. The Hall–Kier alpha value is -1.27. The van der Waals surface area contributed by atoms with Crippen LogP contribution in [0.3, 0.4) is 0 Å². The molecule has 1 atom stereocenters. The summed E-state index contributed by atoms with van der Waals surface area (Å²) in [5.41, 5.74) is 0. The van der Waals surface area contributed by atoms with Gasteiger partial charge in [0.1, 0.15) is 5.82 Å². The number of hydrogen-bond acceptors (Lipinski definition) is 5. The number of aryl methyl sites for hydroxylation is 3. The van der Waals surface area contributed by atoms with Crippen molar-refractivity contribution in [3.8, 4) is 0 Å². The van der Waals surface area contributed by atoms with Gasteiger partial charge in [0, 0.05) is 24.0 Å². The Morgan fingerprint density at radius 3 is 3.05 bits per heavy atom. The molecule has 0 aromatic carbocycles. The Kier molecular flexibility index (Phi) is 5.56. The monoisotopic (exact) mass is 319 g/mol. The van der Waals surface area contributed by atoms with Crippen LogP contribution in [0.5, 0.6) is 0 Å². The van der Waals surface area contributed by atoms with Gasteiger partial charge >= 0.3 is 0 Å². The predicted molar refractivity (Wildman–Crippen MR) is 89.0 cm³/mol. The smallest absolute Gasteiger partial charge is 0.148 e. The Bertz CT molecular complexity index is 551. The van der Waals surface area contributed by atoms with E-state index < -0.39 is 0 Å². The third-order valence-corrected chi connectivity index (χ3v) is 5.52. The lowest BCUT2D eigenvalue weighted by atomic mass is 9.97. The van der Waals surface area contributed by atoms with Crippen LogP contribution < -0.4 is 0 Å². The molecular formula is C16H25N5S. The van der Waals surface area contributed by atoms with E-state index in [1.807, 2.05) is 22.9 Å². The van der Waals surface area contributed by atoms with Gasteiger partial charge in [-0.05, 0) is 67.4 Å². The molecule has 22 heavy (non-hydrogen) atoms. The van der Waals surface area contributed by atoms with Crippen LogP contribution in [-0.2, 0) is 13.0 Å². The fourth-order valence-electron chi connectivity index (χ4n) is 3.32. The van der Waals surface area contributed by atoms with Crippen LogP contribution in [0.4, 0.5) is 0 Å². The van der Waals surface area contributed by atoms with Crippen LogP contribution in [0.2, 0.25) is 0 Å². The Labute approximate surface area is 136 Å². The Morgan fingerprint density at radius 1 is 1.32 bits per heavy atom. The first-order valence-corrected chi connectivity index (χ1v) is 9.20. The van der Waals surface area contributed by atoms with Crippen LogP contribution in [-0.4, -0.2) is 44.2 Å². The van der Waals surface area contributed by atoms with Crippen molar-refractivity contribution in [2.45, 2.75) is 58.0 Å². The number of rotatable bonds is 7. The molecule has 0 bridgehead atoms. The Morgan fingerprint density at radius 2 is 2.27 bits per heavy atom. The predicted octanol–water partition coefficient (Wildman–Crippen LogP) is 2.92. The summed E-state index contributed by atoms with van der Waals surface area (Å²) in [5.74, 6) is 0.910. The van der Waals surface area contributed by atoms with Crippen molar-refractivity contribution in [2.75, 3.05) is 13.1 Å². The second-order valence-corrected chi connectivity index (χ2v) is 7.14. The fourth-order valence-corrected chi connectivity index (χ4v) is 4.05. The summed E-state index contributed by atoms with van der Waals surface area (Å²) in [6.45, 7) is 5.30. The van der Waals surface area contributed by atoms with Crippen LogP contribution in [0.25, 0.3) is 0 Å². The minimum Gasteiger partial charge on any atom is -0.300 e. The number of tetrazole rings is 1. The fraction of sp³-hybridized carbons (Fsp3) is 0.688. The molecule has 0 spiro atoms. The molecule has 0 saturated carbocycles. The number of likely N-dealkylation sites (tertiary alicyclic amines) is 1. The molecule has 1 unspecified atom stereocenters. The van der Waals surface area contributed by atoms with E-state index in [0.29, 0.717) is 0 Å². The van der Waals surface area contributed by atoms with Gasteiger partial charge in [-0.15, -0.1) is 16.4 Å². The molecule has 0 radical (unpaired) electrons. The lowest BCUT2D eigenvalue weighted by molar-refractivity contribution is 0.136. The third kappa shape index (κ3) is 4.14. The first-order chi connectivity index (χ1) is 10.8. The lowest BCUT2D eigenvalue weighted by Crippen LogP contribution is -2.40. The summed E-state index contributed by atoms with van der Waals surface area (Å²) in [7, 11) is 0. The lowest BCUT2D eigenvalue weighted by Gasteiger charge is -2.35. The van der Waals surface area contributed by atoms with Crippen molar-refractivity contribution in [3.05, 3.63) is 28.2 Å². The van der Waals surface area contributed by atoms with Gasteiger partial charge in [-0.2, -0.15) is 0 Å². The summed E-state index contributed by atoms with van der Waals surface area (Å²) in [6, 6.07) is 5.18. The number of hydrogen-bond donors (Lipinski definition) is 0. The average Bonchev–Trinajstić information content (AvgIpc) is 3.18. The van der Waals surface area contributed by atoms with E-state index in [4.69, 9.17) is 0 Å². The second-order valence-electron chi connectivity index (χ2n) is 6.11. The molecule has 0 amide bonds. The van der Waals surface area contributed by atoms with E-state index in [-0.39, 0.29) is 0 Å². The van der Waals surface area contributed by atoms with Gasteiger partial charge in [0.15, 0.2) is 0 Å². The van der Waals surface area contributed by atoms with Crippen LogP contribution in [0.15, 0.2) is 17.5 Å². The zero-order valence-corrected chi connectivity index (χ0v) is 14.1. The molecule has 1 aliphatic heterocycles. The molecule has 2 aromatic rings. The van der Waals surface area contributed by atoms with Crippen LogP contribution in [0, 0.1) is 6.92 Å². The standard InChI is InChI=1S/C16H25N5S/c1-14-17-18-19-21(14)12-5-11-20-10-3-2-6-15(20)8-9-16-7-4-13-22-16/h4,7,13,15H,2-3,5-6,8-12H2,1H3. The molecule has 3 heterocycles.